The van der Waals surface area contributed by atoms with Crippen molar-refractivity contribution in [1.29, 1.82) is 0 Å². The van der Waals surface area contributed by atoms with Gasteiger partial charge in [-0.15, -0.1) is 0 Å². The summed E-state index contributed by atoms with van der Waals surface area (Å²) in [5.74, 6) is 1.70. The molecule has 2 N–H and O–H groups in total. The van der Waals surface area contributed by atoms with Crippen LogP contribution in [0.2, 0.25) is 0 Å². The number of nitrogens with two attached hydrogens (primary N) is 1. The summed E-state index contributed by atoms with van der Waals surface area (Å²) in [4.78, 5) is 13.3. The van der Waals surface area contributed by atoms with Crippen LogP contribution >= 0.6 is 0 Å². The molecular formula is C16H18N2O2. The monoisotopic (exact) mass is 270 g/mol. The first-order valence-corrected chi connectivity index (χ1v) is 6.83. The SMILES string of the molecule is CC(=O)N1CCc2cc(-c3ccc(C(C)N)o3)ccc21. The van der Waals surface area contributed by atoms with Gasteiger partial charge in [0.25, 0.3) is 0 Å². The van der Waals surface area contributed by atoms with Gasteiger partial charge < -0.3 is 15.1 Å². The Kier molecular flexibility index (Phi) is 3.10. The molecular weight excluding hydrogens is 252 g/mol. The summed E-state index contributed by atoms with van der Waals surface area (Å²) in [5.41, 5.74) is 9.04. The van der Waals surface area contributed by atoms with Crippen molar-refractivity contribution in [2.24, 2.45) is 5.73 Å². The number of hydrogen-bond donors (Lipinski definition) is 1. The Balaban J connectivity index is 1.95. The summed E-state index contributed by atoms with van der Waals surface area (Å²) in [7, 11) is 0. The Morgan fingerprint density at radius 1 is 1.35 bits per heavy atom. The molecule has 0 aliphatic carbocycles. The van der Waals surface area contributed by atoms with Gasteiger partial charge in [-0.2, -0.15) is 0 Å². The number of amides is 1. The fourth-order valence-corrected chi connectivity index (χ4v) is 2.63. The fraction of sp³-hybridized carbons (Fsp3) is 0.312. The quantitative estimate of drug-likeness (QED) is 0.912. The van der Waals surface area contributed by atoms with E-state index in [1.807, 2.05) is 36.1 Å². The van der Waals surface area contributed by atoms with Gasteiger partial charge in [0, 0.05) is 24.7 Å². The second kappa shape index (κ2) is 4.80. The lowest BCUT2D eigenvalue weighted by atomic mass is 10.1. The van der Waals surface area contributed by atoms with Gasteiger partial charge in [0.2, 0.25) is 5.91 Å². The molecule has 2 heterocycles. The molecule has 104 valence electrons. The van der Waals surface area contributed by atoms with E-state index in [0.29, 0.717) is 0 Å². The van der Waals surface area contributed by atoms with E-state index in [1.54, 1.807) is 6.92 Å². The molecule has 0 bridgehead atoms. The topological polar surface area (TPSA) is 59.5 Å². The molecule has 20 heavy (non-hydrogen) atoms. The minimum Gasteiger partial charge on any atom is -0.459 e. The molecule has 0 spiro atoms. The fourth-order valence-electron chi connectivity index (χ4n) is 2.63. The third-order valence-electron chi connectivity index (χ3n) is 3.72. The third-order valence-corrected chi connectivity index (χ3v) is 3.72. The largest absolute Gasteiger partial charge is 0.459 e. The molecule has 1 unspecified atom stereocenters. The number of carbonyl (C=O) groups is 1. The van der Waals surface area contributed by atoms with E-state index in [4.69, 9.17) is 10.2 Å². The molecule has 3 rings (SSSR count). The van der Waals surface area contributed by atoms with Crippen LogP contribution in [0.4, 0.5) is 5.69 Å². The van der Waals surface area contributed by atoms with Gasteiger partial charge in [-0.05, 0) is 49.2 Å². The minimum absolute atomic E-state index is 0.0914. The average Bonchev–Trinajstić information content (AvgIpc) is 3.04. The van der Waals surface area contributed by atoms with Crippen LogP contribution in [0.3, 0.4) is 0 Å². The first-order valence-electron chi connectivity index (χ1n) is 6.83. The predicted molar refractivity (Wildman–Crippen MR) is 78.5 cm³/mol. The summed E-state index contributed by atoms with van der Waals surface area (Å²) in [6, 6.07) is 9.83. The summed E-state index contributed by atoms with van der Waals surface area (Å²) < 4.78 is 5.76. The number of furan rings is 1. The molecule has 1 aromatic heterocycles. The summed E-state index contributed by atoms with van der Waals surface area (Å²) >= 11 is 0. The van der Waals surface area contributed by atoms with E-state index in [-0.39, 0.29) is 11.9 Å². The lowest BCUT2D eigenvalue weighted by molar-refractivity contribution is -0.116. The summed E-state index contributed by atoms with van der Waals surface area (Å²) in [6.45, 7) is 4.26. The van der Waals surface area contributed by atoms with Gasteiger partial charge in [0.1, 0.15) is 11.5 Å². The van der Waals surface area contributed by atoms with E-state index < -0.39 is 0 Å². The minimum atomic E-state index is -0.105. The Morgan fingerprint density at radius 3 is 2.80 bits per heavy atom. The van der Waals surface area contributed by atoms with Crippen molar-refractivity contribution < 1.29 is 9.21 Å². The van der Waals surface area contributed by atoms with E-state index in [2.05, 4.69) is 6.07 Å². The van der Waals surface area contributed by atoms with Crippen molar-refractivity contribution in [3.8, 4) is 11.3 Å². The van der Waals surface area contributed by atoms with E-state index >= 15 is 0 Å². The molecule has 1 aliphatic rings. The van der Waals surface area contributed by atoms with Crippen molar-refractivity contribution in [3.05, 3.63) is 41.7 Å². The average molecular weight is 270 g/mol. The lowest BCUT2D eigenvalue weighted by Gasteiger charge is -2.14. The normalized spacial score (nSPS) is 15.2. The van der Waals surface area contributed by atoms with Gasteiger partial charge >= 0.3 is 0 Å². The van der Waals surface area contributed by atoms with Gasteiger partial charge in [-0.1, -0.05) is 0 Å². The number of anilines is 1. The van der Waals surface area contributed by atoms with Crippen molar-refractivity contribution in [2.45, 2.75) is 26.3 Å². The molecule has 4 nitrogen and oxygen atoms in total. The van der Waals surface area contributed by atoms with Crippen LogP contribution in [0.1, 0.15) is 31.2 Å². The Labute approximate surface area is 118 Å². The highest BCUT2D eigenvalue weighted by molar-refractivity contribution is 5.94. The highest BCUT2D eigenvalue weighted by atomic mass is 16.3. The highest BCUT2D eigenvalue weighted by Crippen LogP contribution is 2.33. The number of hydrogen-bond acceptors (Lipinski definition) is 3. The Morgan fingerprint density at radius 2 is 2.15 bits per heavy atom. The number of fused-ring (bicyclic) bond motifs is 1. The van der Waals surface area contributed by atoms with Crippen molar-refractivity contribution >= 4 is 11.6 Å². The maximum atomic E-state index is 11.5. The third kappa shape index (κ3) is 2.12. The van der Waals surface area contributed by atoms with Gasteiger partial charge in [0.05, 0.1) is 6.04 Å². The smallest absolute Gasteiger partial charge is 0.223 e. The molecule has 1 atom stereocenters. The van der Waals surface area contributed by atoms with Crippen LogP contribution < -0.4 is 10.6 Å². The molecule has 1 amide bonds. The van der Waals surface area contributed by atoms with E-state index in [9.17, 15) is 4.79 Å². The zero-order chi connectivity index (χ0) is 14.3. The molecule has 0 radical (unpaired) electrons. The molecule has 2 aromatic rings. The van der Waals surface area contributed by atoms with Crippen molar-refractivity contribution in [2.75, 3.05) is 11.4 Å². The van der Waals surface area contributed by atoms with Crippen LogP contribution in [0, 0.1) is 0 Å². The van der Waals surface area contributed by atoms with E-state index in [1.165, 1.54) is 5.56 Å². The van der Waals surface area contributed by atoms with Crippen LogP contribution in [0.25, 0.3) is 11.3 Å². The highest BCUT2D eigenvalue weighted by Gasteiger charge is 2.22. The number of benzene rings is 1. The second-order valence-electron chi connectivity index (χ2n) is 5.25. The molecule has 0 saturated heterocycles. The zero-order valence-electron chi connectivity index (χ0n) is 11.7. The summed E-state index contributed by atoms with van der Waals surface area (Å²) in [6.07, 6.45) is 0.892. The van der Waals surface area contributed by atoms with Crippen LogP contribution in [0.15, 0.2) is 34.7 Å². The van der Waals surface area contributed by atoms with Crippen molar-refractivity contribution in [3.63, 3.8) is 0 Å². The van der Waals surface area contributed by atoms with Crippen LogP contribution in [0.5, 0.6) is 0 Å². The van der Waals surface area contributed by atoms with E-state index in [0.717, 1.165) is 35.7 Å². The Hall–Kier alpha value is -2.07. The van der Waals surface area contributed by atoms with Crippen LogP contribution in [-0.4, -0.2) is 12.5 Å². The second-order valence-corrected chi connectivity index (χ2v) is 5.25. The lowest BCUT2D eigenvalue weighted by Crippen LogP contribution is -2.25. The first-order chi connectivity index (χ1) is 9.56. The first kappa shape index (κ1) is 12.9. The molecule has 1 aromatic carbocycles. The van der Waals surface area contributed by atoms with Gasteiger partial charge in [0.15, 0.2) is 0 Å². The van der Waals surface area contributed by atoms with Crippen molar-refractivity contribution in [1.82, 2.24) is 0 Å². The molecule has 0 fully saturated rings. The number of nitrogens with zero attached hydrogens (tertiary/aromatic N) is 1. The van der Waals surface area contributed by atoms with Crippen LogP contribution in [-0.2, 0) is 11.2 Å². The molecule has 1 aliphatic heterocycles. The van der Waals surface area contributed by atoms with Gasteiger partial charge in [-0.3, -0.25) is 4.79 Å². The number of carbonyl (C=O) groups excluding carboxylic acids is 1. The predicted octanol–water partition coefficient (Wildman–Crippen LogP) is 2.88. The molecule has 0 saturated carbocycles. The zero-order valence-corrected chi connectivity index (χ0v) is 11.7. The maximum Gasteiger partial charge on any atom is 0.223 e. The Bertz CT molecular complexity index is 658. The molecule has 4 heteroatoms. The summed E-state index contributed by atoms with van der Waals surface area (Å²) in [5, 5.41) is 0. The van der Waals surface area contributed by atoms with Gasteiger partial charge in [-0.25, -0.2) is 0 Å². The number of rotatable bonds is 2. The maximum absolute atomic E-state index is 11.5. The standard InChI is InChI=1S/C16H18N2O2/c1-10(17)15-5-6-16(20-15)13-3-4-14-12(9-13)7-8-18(14)11(2)19/h3-6,9-10H,7-8,17H2,1-2H3.